The number of hydrogen-bond acceptors (Lipinski definition) is 3. The summed E-state index contributed by atoms with van der Waals surface area (Å²) < 4.78 is 0.690. The third-order valence-electron chi connectivity index (χ3n) is 2.89. The Morgan fingerprint density at radius 2 is 2.05 bits per heavy atom. The molecule has 0 radical (unpaired) electrons. The quantitative estimate of drug-likeness (QED) is 0.592. The largest absolute Gasteiger partial charge is 0.335 e. The summed E-state index contributed by atoms with van der Waals surface area (Å²) in [6.45, 7) is 0.690. The van der Waals surface area contributed by atoms with Gasteiger partial charge in [0.05, 0.1) is 22.4 Å². The standard InChI is InChI=1S/C12H12BrN5O/c1-14-5-9-10(18-11(13)15-9)6-2-3-7-8(4-6)17-12(19)16-7/h2-4,14H,5H2,1H3,(H,15,18)(H2,16,17,19). The van der Waals surface area contributed by atoms with Crippen molar-refractivity contribution in [1.29, 1.82) is 0 Å². The van der Waals surface area contributed by atoms with Gasteiger partial charge in [-0.3, -0.25) is 0 Å². The fourth-order valence-electron chi connectivity index (χ4n) is 2.10. The molecule has 0 aliphatic rings. The Hall–Kier alpha value is -1.86. The zero-order chi connectivity index (χ0) is 13.4. The monoisotopic (exact) mass is 321 g/mol. The highest BCUT2D eigenvalue weighted by Crippen LogP contribution is 2.25. The van der Waals surface area contributed by atoms with E-state index in [0.717, 1.165) is 28.0 Å². The van der Waals surface area contributed by atoms with Gasteiger partial charge in [0.1, 0.15) is 0 Å². The Bertz CT molecular complexity index is 785. The summed E-state index contributed by atoms with van der Waals surface area (Å²) in [7, 11) is 1.88. The van der Waals surface area contributed by atoms with Gasteiger partial charge in [0.2, 0.25) is 0 Å². The molecule has 98 valence electrons. The van der Waals surface area contributed by atoms with Crippen LogP contribution in [0.25, 0.3) is 22.3 Å². The van der Waals surface area contributed by atoms with Crippen molar-refractivity contribution in [3.05, 3.63) is 39.1 Å². The molecule has 0 bridgehead atoms. The summed E-state index contributed by atoms with van der Waals surface area (Å²) in [5, 5.41) is 3.09. The molecule has 0 unspecified atom stereocenters. The predicted octanol–water partition coefficient (Wildman–Crippen LogP) is 1.73. The van der Waals surface area contributed by atoms with Crippen molar-refractivity contribution >= 4 is 27.0 Å². The van der Waals surface area contributed by atoms with E-state index in [0.29, 0.717) is 11.3 Å². The lowest BCUT2D eigenvalue weighted by Crippen LogP contribution is -2.06. The van der Waals surface area contributed by atoms with Crippen LogP contribution in [0.4, 0.5) is 0 Å². The number of rotatable bonds is 3. The van der Waals surface area contributed by atoms with Crippen LogP contribution in [0.5, 0.6) is 0 Å². The van der Waals surface area contributed by atoms with Crippen LogP contribution in [-0.2, 0) is 6.54 Å². The van der Waals surface area contributed by atoms with Crippen molar-refractivity contribution in [1.82, 2.24) is 25.3 Å². The lowest BCUT2D eigenvalue weighted by atomic mass is 10.1. The molecule has 0 amide bonds. The van der Waals surface area contributed by atoms with E-state index in [2.05, 4.69) is 41.2 Å². The fourth-order valence-corrected chi connectivity index (χ4v) is 2.52. The van der Waals surface area contributed by atoms with Gasteiger partial charge in [0.15, 0.2) is 4.73 Å². The van der Waals surface area contributed by atoms with Gasteiger partial charge in [-0.05, 0) is 35.1 Å². The third-order valence-corrected chi connectivity index (χ3v) is 3.27. The fraction of sp³-hybridized carbons (Fsp3) is 0.167. The topological polar surface area (TPSA) is 89.4 Å². The molecule has 0 fully saturated rings. The summed E-state index contributed by atoms with van der Waals surface area (Å²) in [6.07, 6.45) is 0. The molecule has 0 aliphatic heterocycles. The Morgan fingerprint density at radius 3 is 2.84 bits per heavy atom. The van der Waals surface area contributed by atoms with Gasteiger partial charge in [-0.25, -0.2) is 9.78 Å². The molecule has 2 heterocycles. The minimum atomic E-state index is -0.203. The zero-order valence-electron chi connectivity index (χ0n) is 10.2. The van der Waals surface area contributed by atoms with Crippen LogP contribution in [0.1, 0.15) is 5.69 Å². The molecular weight excluding hydrogens is 310 g/mol. The molecule has 19 heavy (non-hydrogen) atoms. The number of halogens is 1. The number of aromatic amines is 3. The number of benzene rings is 1. The van der Waals surface area contributed by atoms with Crippen LogP contribution in [0.15, 0.2) is 27.7 Å². The van der Waals surface area contributed by atoms with Gasteiger partial charge in [-0.15, -0.1) is 0 Å². The van der Waals surface area contributed by atoms with E-state index in [4.69, 9.17) is 0 Å². The maximum atomic E-state index is 11.3. The lowest BCUT2D eigenvalue weighted by molar-refractivity contribution is 0.797. The Labute approximate surface area is 116 Å². The maximum Gasteiger partial charge on any atom is 0.323 e. The second-order valence-electron chi connectivity index (χ2n) is 4.22. The number of aromatic nitrogens is 4. The summed E-state index contributed by atoms with van der Waals surface area (Å²) in [6, 6.07) is 5.72. The Kier molecular flexibility index (Phi) is 3.00. The lowest BCUT2D eigenvalue weighted by Gasteiger charge is -2.02. The summed E-state index contributed by atoms with van der Waals surface area (Å²) in [5.41, 5.74) is 4.17. The molecule has 6 nitrogen and oxygen atoms in total. The van der Waals surface area contributed by atoms with Crippen LogP contribution in [0.3, 0.4) is 0 Å². The SMILES string of the molecule is CNCc1[nH]c(Br)nc1-c1ccc2[nH]c(=O)[nH]c2c1. The molecule has 0 saturated heterocycles. The first-order valence-electron chi connectivity index (χ1n) is 5.79. The highest BCUT2D eigenvalue weighted by atomic mass is 79.9. The second kappa shape index (κ2) is 4.67. The van der Waals surface area contributed by atoms with E-state index in [1.165, 1.54) is 0 Å². The molecule has 0 saturated carbocycles. The third kappa shape index (κ3) is 2.22. The minimum absolute atomic E-state index is 0.203. The van der Waals surface area contributed by atoms with E-state index in [9.17, 15) is 4.79 Å². The number of imidazole rings is 2. The van der Waals surface area contributed by atoms with Crippen molar-refractivity contribution in [2.75, 3.05) is 7.05 Å². The molecular formula is C12H12BrN5O. The summed E-state index contributed by atoms with van der Waals surface area (Å²) >= 11 is 3.35. The molecule has 3 rings (SSSR count). The molecule has 1 aromatic carbocycles. The number of H-pyrrole nitrogens is 3. The van der Waals surface area contributed by atoms with Crippen molar-refractivity contribution in [3.63, 3.8) is 0 Å². The first-order chi connectivity index (χ1) is 9.17. The summed E-state index contributed by atoms with van der Waals surface area (Å²) in [4.78, 5) is 24.3. The predicted molar refractivity (Wildman–Crippen MR) is 77.0 cm³/mol. The number of nitrogens with zero attached hydrogens (tertiary/aromatic N) is 1. The Morgan fingerprint density at radius 1 is 1.26 bits per heavy atom. The van der Waals surface area contributed by atoms with E-state index >= 15 is 0 Å². The van der Waals surface area contributed by atoms with Gasteiger partial charge in [-0.2, -0.15) is 0 Å². The van der Waals surface area contributed by atoms with E-state index in [-0.39, 0.29) is 5.69 Å². The molecule has 3 aromatic rings. The molecule has 7 heteroatoms. The molecule has 2 aromatic heterocycles. The number of fused-ring (bicyclic) bond motifs is 1. The smallest absolute Gasteiger partial charge is 0.323 e. The van der Waals surface area contributed by atoms with Crippen LogP contribution >= 0.6 is 15.9 Å². The van der Waals surface area contributed by atoms with Gasteiger partial charge >= 0.3 is 5.69 Å². The Balaban J connectivity index is 2.15. The second-order valence-corrected chi connectivity index (χ2v) is 4.98. The molecule has 4 N–H and O–H groups in total. The number of nitrogens with one attached hydrogen (secondary N) is 4. The zero-order valence-corrected chi connectivity index (χ0v) is 11.8. The highest BCUT2D eigenvalue weighted by molar-refractivity contribution is 9.10. The van der Waals surface area contributed by atoms with Crippen molar-refractivity contribution in [3.8, 4) is 11.3 Å². The minimum Gasteiger partial charge on any atom is -0.335 e. The average molecular weight is 322 g/mol. The van der Waals surface area contributed by atoms with Crippen LogP contribution in [-0.4, -0.2) is 27.0 Å². The van der Waals surface area contributed by atoms with E-state index in [1.54, 1.807) is 0 Å². The molecule has 0 spiro atoms. The van der Waals surface area contributed by atoms with Crippen molar-refractivity contribution in [2.45, 2.75) is 6.54 Å². The summed E-state index contributed by atoms with van der Waals surface area (Å²) in [5.74, 6) is 0. The maximum absolute atomic E-state index is 11.3. The van der Waals surface area contributed by atoms with Crippen molar-refractivity contribution in [2.24, 2.45) is 0 Å². The van der Waals surface area contributed by atoms with Crippen LogP contribution in [0, 0.1) is 0 Å². The van der Waals surface area contributed by atoms with Gasteiger partial charge in [0, 0.05) is 12.1 Å². The highest BCUT2D eigenvalue weighted by Gasteiger charge is 2.11. The van der Waals surface area contributed by atoms with E-state index in [1.807, 2.05) is 25.2 Å². The molecule has 0 atom stereocenters. The molecule has 0 aliphatic carbocycles. The van der Waals surface area contributed by atoms with Crippen LogP contribution in [0.2, 0.25) is 0 Å². The number of hydrogen-bond donors (Lipinski definition) is 4. The van der Waals surface area contributed by atoms with Gasteiger partial charge in [-0.1, -0.05) is 6.07 Å². The van der Waals surface area contributed by atoms with Crippen molar-refractivity contribution < 1.29 is 0 Å². The first-order valence-corrected chi connectivity index (χ1v) is 6.58. The average Bonchev–Trinajstić information content (AvgIpc) is 2.90. The first kappa shape index (κ1) is 12.2. The van der Waals surface area contributed by atoms with E-state index < -0.39 is 0 Å². The van der Waals surface area contributed by atoms with Crippen LogP contribution < -0.4 is 11.0 Å². The van der Waals surface area contributed by atoms with Gasteiger partial charge in [0.25, 0.3) is 0 Å². The van der Waals surface area contributed by atoms with Gasteiger partial charge < -0.3 is 20.3 Å². The normalized spacial score (nSPS) is 11.3.